The molecule has 0 saturated heterocycles. The van der Waals surface area contributed by atoms with Crippen LogP contribution in [-0.4, -0.2) is 39.4 Å². The van der Waals surface area contributed by atoms with E-state index in [-0.39, 0.29) is 23.6 Å². The lowest BCUT2D eigenvalue weighted by atomic mass is 10.1. The van der Waals surface area contributed by atoms with E-state index in [2.05, 4.69) is 20.8 Å². The predicted molar refractivity (Wildman–Crippen MR) is 120 cm³/mol. The van der Waals surface area contributed by atoms with Crippen molar-refractivity contribution in [3.05, 3.63) is 65.5 Å². The number of anilines is 1. The highest BCUT2D eigenvalue weighted by molar-refractivity contribution is 7.99. The van der Waals surface area contributed by atoms with E-state index in [0.29, 0.717) is 22.2 Å². The smallest absolute Gasteiger partial charge is 0.252 e. The van der Waals surface area contributed by atoms with Gasteiger partial charge in [0, 0.05) is 18.3 Å². The minimum absolute atomic E-state index is 0.152. The van der Waals surface area contributed by atoms with Gasteiger partial charge in [0.25, 0.3) is 5.91 Å². The molecular formula is C22H25N5O3S. The summed E-state index contributed by atoms with van der Waals surface area (Å²) in [6.07, 6.45) is 0. The number of methoxy groups -OCH3 is 1. The molecule has 0 bridgehead atoms. The summed E-state index contributed by atoms with van der Waals surface area (Å²) in [4.78, 5) is 24.8. The van der Waals surface area contributed by atoms with Gasteiger partial charge in [-0.3, -0.25) is 9.59 Å². The van der Waals surface area contributed by atoms with Gasteiger partial charge < -0.3 is 19.9 Å². The third kappa shape index (κ3) is 5.64. The molecular weight excluding hydrogens is 414 g/mol. The lowest BCUT2D eigenvalue weighted by molar-refractivity contribution is -0.113. The van der Waals surface area contributed by atoms with E-state index in [1.807, 2.05) is 39.1 Å². The minimum atomic E-state index is -0.341. The van der Waals surface area contributed by atoms with Crippen molar-refractivity contribution in [2.45, 2.75) is 25.0 Å². The summed E-state index contributed by atoms with van der Waals surface area (Å²) in [6.45, 7) is 3.75. The standard InChI is InChI=1S/C22H25N5O3S/c1-14-7-5-6-8-18(14)21(29)23-15(2)20-25-26-22(27(20)3)31-13-19(28)24-16-9-11-17(30-4)12-10-16/h5-12,15H,13H2,1-4H3,(H,23,29)(H,24,28)/t15-/m0/s1. The Labute approximate surface area is 185 Å². The Kier molecular flexibility index (Phi) is 7.30. The van der Waals surface area contributed by atoms with Crippen LogP contribution in [0.4, 0.5) is 5.69 Å². The largest absolute Gasteiger partial charge is 0.497 e. The Balaban J connectivity index is 1.57. The highest BCUT2D eigenvalue weighted by atomic mass is 32.2. The number of rotatable bonds is 8. The second kappa shape index (κ2) is 10.1. The molecule has 1 atom stereocenters. The lowest BCUT2D eigenvalue weighted by Gasteiger charge is -2.14. The number of amides is 2. The molecule has 2 amide bonds. The zero-order chi connectivity index (χ0) is 22.4. The van der Waals surface area contributed by atoms with Crippen molar-refractivity contribution >= 4 is 29.3 Å². The number of carbonyl (C=O) groups excluding carboxylic acids is 2. The molecule has 8 nitrogen and oxygen atoms in total. The average molecular weight is 440 g/mol. The van der Waals surface area contributed by atoms with Crippen LogP contribution in [0.2, 0.25) is 0 Å². The predicted octanol–water partition coefficient (Wildman–Crippen LogP) is 3.35. The monoisotopic (exact) mass is 439 g/mol. The van der Waals surface area contributed by atoms with Gasteiger partial charge in [-0.15, -0.1) is 10.2 Å². The van der Waals surface area contributed by atoms with Crippen molar-refractivity contribution in [3.63, 3.8) is 0 Å². The van der Waals surface area contributed by atoms with Crippen LogP contribution in [0, 0.1) is 6.92 Å². The molecule has 162 valence electrons. The van der Waals surface area contributed by atoms with Crippen LogP contribution in [-0.2, 0) is 11.8 Å². The highest BCUT2D eigenvalue weighted by Crippen LogP contribution is 2.21. The number of aromatic nitrogens is 3. The molecule has 0 aliphatic rings. The van der Waals surface area contributed by atoms with Gasteiger partial charge in [0.05, 0.1) is 18.9 Å². The van der Waals surface area contributed by atoms with Crippen molar-refractivity contribution in [2.24, 2.45) is 7.05 Å². The highest BCUT2D eigenvalue weighted by Gasteiger charge is 2.19. The average Bonchev–Trinajstić information content (AvgIpc) is 3.13. The summed E-state index contributed by atoms with van der Waals surface area (Å²) in [5.74, 6) is 1.20. The first-order chi connectivity index (χ1) is 14.9. The molecule has 2 N–H and O–H groups in total. The third-order valence-corrected chi connectivity index (χ3v) is 5.72. The molecule has 0 aliphatic carbocycles. The Morgan fingerprint density at radius 1 is 1.13 bits per heavy atom. The molecule has 31 heavy (non-hydrogen) atoms. The summed E-state index contributed by atoms with van der Waals surface area (Å²) in [5.41, 5.74) is 2.23. The van der Waals surface area contributed by atoms with Crippen molar-refractivity contribution in [3.8, 4) is 5.75 Å². The van der Waals surface area contributed by atoms with Gasteiger partial charge >= 0.3 is 0 Å². The summed E-state index contributed by atoms with van der Waals surface area (Å²) >= 11 is 1.28. The fourth-order valence-corrected chi connectivity index (χ4v) is 3.72. The second-order valence-electron chi connectivity index (χ2n) is 6.98. The van der Waals surface area contributed by atoms with Crippen molar-refractivity contribution in [2.75, 3.05) is 18.2 Å². The van der Waals surface area contributed by atoms with Gasteiger partial charge in [-0.2, -0.15) is 0 Å². The Bertz CT molecular complexity index is 1070. The minimum Gasteiger partial charge on any atom is -0.497 e. The number of aryl methyl sites for hydroxylation is 1. The van der Waals surface area contributed by atoms with E-state index in [1.165, 1.54) is 11.8 Å². The summed E-state index contributed by atoms with van der Waals surface area (Å²) in [5, 5.41) is 14.7. The van der Waals surface area contributed by atoms with E-state index >= 15 is 0 Å². The van der Waals surface area contributed by atoms with Crippen molar-refractivity contribution in [1.29, 1.82) is 0 Å². The van der Waals surface area contributed by atoms with Crippen LogP contribution in [0.5, 0.6) is 5.75 Å². The van der Waals surface area contributed by atoms with Crippen molar-refractivity contribution in [1.82, 2.24) is 20.1 Å². The molecule has 1 heterocycles. The van der Waals surface area contributed by atoms with Crippen LogP contribution in [0.15, 0.2) is 53.7 Å². The van der Waals surface area contributed by atoms with Crippen LogP contribution >= 0.6 is 11.8 Å². The van der Waals surface area contributed by atoms with Crippen LogP contribution in [0.1, 0.15) is 34.7 Å². The number of ether oxygens (including phenoxy) is 1. The van der Waals surface area contributed by atoms with Gasteiger partial charge in [-0.05, 0) is 49.7 Å². The fraction of sp³-hybridized carbons (Fsp3) is 0.273. The number of nitrogens with one attached hydrogen (secondary N) is 2. The van der Waals surface area contributed by atoms with Crippen LogP contribution in [0.3, 0.4) is 0 Å². The van der Waals surface area contributed by atoms with E-state index < -0.39 is 0 Å². The van der Waals surface area contributed by atoms with E-state index in [4.69, 9.17) is 4.74 Å². The van der Waals surface area contributed by atoms with Crippen molar-refractivity contribution < 1.29 is 14.3 Å². The van der Waals surface area contributed by atoms with E-state index in [9.17, 15) is 9.59 Å². The Morgan fingerprint density at radius 2 is 1.84 bits per heavy atom. The van der Waals surface area contributed by atoms with Gasteiger partial charge in [-0.25, -0.2) is 0 Å². The first kappa shape index (κ1) is 22.4. The Morgan fingerprint density at radius 3 is 2.52 bits per heavy atom. The molecule has 0 fully saturated rings. The maximum atomic E-state index is 12.6. The van der Waals surface area contributed by atoms with Gasteiger partial charge in [0.1, 0.15) is 5.75 Å². The molecule has 3 rings (SSSR count). The summed E-state index contributed by atoms with van der Waals surface area (Å²) < 4.78 is 6.89. The molecule has 3 aromatic rings. The number of hydrogen-bond donors (Lipinski definition) is 2. The van der Waals surface area contributed by atoms with Gasteiger partial charge in [0.2, 0.25) is 5.91 Å². The number of hydrogen-bond acceptors (Lipinski definition) is 6. The molecule has 0 saturated carbocycles. The molecule has 2 aromatic carbocycles. The molecule has 0 aliphatic heterocycles. The number of thioether (sulfide) groups is 1. The Hall–Kier alpha value is -3.33. The summed E-state index contributed by atoms with van der Waals surface area (Å²) in [6, 6.07) is 14.2. The van der Waals surface area contributed by atoms with E-state index in [0.717, 1.165) is 11.3 Å². The second-order valence-corrected chi connectivity index (χ2v) is 7.92. The zero-order valence-corrected chi connectivity index (χ0v) is 18.7. The van der Waals surface area contributed by atoms with Gasteiger partial charge in [-0.1, -0.05) is 30.0 Å². The lowest BCUT2D eigenvalue weighted by Crippen LogP contribution is -2.29. The topological polar surface area (TPSA) is 98.1 Å². The van der Waals surface area contributed by atoms with E-state index in [1.54, 1.807) is 42.0 Å². The number of benzene rings is 2. The van der Waals surface area contributed by atoms with Crippen LogP contribution in [0.25, 0.3) is 0 Å². The molecule has 1 aromatic heterocycles. The SMILES string of the molecule is COc1ccc(NC(=O)CSc2nnc([C@H](C)NC(=O)c3ccccc3C)n2C)cc1. The molecule has 0 unspecified atom stereocenters. The third-order valence-electron chi connectivity index (χ3n) is 4.70. The quantitative estimate of drug-likeness (QED) is 0.523. The first-order valence-electron chi connectivity index (χ1n) is 9.71. The summed E-state index contributed by atoms with van der Waals surface area (Å²) in [7, 11) is 3.41. The molecule has 0 spiro atoms. The van der Waals surface area contributed by atoms with Crippen LogP contribution < -0.4 is 15.4 Å². The maximum absolute atomic E-state index is 12.6. The van der Waals surface area contributed by atoms with Gasteiger partial charge in [0.15, 0.2) is 11.0 Å². The fourth-order valence-electron chi connectivity index (χ4n) is 3.00. The molecule has 9 heteroatoms. The number of carbonyl (C=O) groups is 2. The maximum Gasteiger partial charge on any atom is 0.252 e. The first-order valence-corrected chi connectivity index (χ1v) is 10.7. The normalized spacial score (nSPS) is 11.6. The molecule has 0 radical (unpaired) electrons. The number of nitrogens with zero attached hydrogens (tertiary/aromatic N) is 3. The zero-order valence-electron chi connectivity index (χ0n) is 17.9.